The lowest BCUT2D eigenvalue weighted by molar-refractivity contribution is 0.516. The highest BCUT2D eigenvalue weighted by molar-refractivity contribution is 7.99. The monoisotopic (exact) mass is 262 g/mol. The Morgan fingerprint density at radius 3 is 2.72 bits per heavy atom. The highest BCUT2D eigenvalue weighted by Crippen LogP contribution is 2.31. The average Bonchev–Trinajstić information content (AvgIpc) is 2.45. The normalized spacial score (nSPS) is 18.8. The summed E-state index contributed by atoms with van der Waals surface area (Å²) in [6.45, 7) is 4.60. The zero-order valence-corrected chi connectivity index (χ0v) is 12.6. The van der Waals surface area contributed by atoms with Gasteiger partial charge in [0.25, 0.3) is 0 Å². The van der Waals surface area contributed by atoms with Crippen LogP contribution in [-0.2, 0) is 5.75 Å². The molecular weight excluding hydrogens is 236 g/mol. The summed E-state index contributed by atoms with van der Waals surface area (Å²) in [7, 11) is 0. The first-order chi connectivity index (χ1) is 8.79. The minimum atomic E-state index is 0.699. The third-order valence-corrected chi connectivity index (χ3v) is 5.61. The highest BCUT2D eigenvalue weighted by atomic mass is 32.2. The quantitative estimate of drug-likeness (QED) is 0.649. The van der Waals surface area contributed by atoms with Crippen molar-refractivity contribution in [2.75, 3.05) is 0 Å². The first kappa shape index (κ1) is 14.0. The molecule has 0 heterocycles. The molecule has 1 aromatic rings. The van der Waals surface area contributed by atoms with E-state index in [0.717, 1.165) is 5.25 Å². The van der Waals surface area contributed by atoms with Crippen LogP contribution >= 0.6 is 11.8 Å². The van der Waals surface area contributed by atoms with Crippen LogP contribution < -0.4 is 0 Å². The molecule has 1 unspecified atom stereocenters. The van der Waals surface area contributed by atoms with Crippen molar-refractivity contribution in [2.45, 2.75) is 69.3 Å². The molecule has 1 saturated carbocycles. The molecule has 0 nitrogen and oxygen atoms in total. The topological polar surface area (TPSA) is 0 Å². The SMILES string of the molecule is CCC(C)c1cccc(CSC2CCCCC2)c1. The van der Waals surface area contributed by atoms with Gasteiger partial charge in [0.15, 0.2) is 0 Å². The van der Waals surface area contributed by atoms with Gasteiger partial charge in [-0.15, -0.1) is 0 Å². The standard InChI is InChI=1S/C17H26S/c1-3-14(2)16-9-7-8-15(12-16)13-18-17-10-5-4-6-11-17/h7-9,12,14,17H,3-6,10-11,13H2,1-2H3. The van der Waals surface area contributed by atoms with Crippen LogP contribution in [0.15, 0.2) is 24.3 Å². The van der Waals surface area contributed by atoms with E-state index in [2.05, 4.69) is 49.9 Å². The molecule has 0 aliphatic heterocycles. The first-order valence-corrected chi connectivity index (χ1v) is 8.55. The molecule has 1 aromatic carbocycles. The molecule has 0 bridgehead atoms. The Balaban J connectivity index is 1.88. The van der Waals surface area contributed by atoms with Gasteiger partial charge >= 0.3 is 0 Å². The van der Waals surface area contributed by atoms with E-state index < -0.39 is 0 Å². The van der Waals surface area contributed by atoms with Gasteiger partial charge in [0.1, 0.15) is 0 Å². The second-order valence-corrected chi connectivity index (χ2v) is 6.91. The van der Waals surface area contributed by atoms with E-state index in [1.165, 1.54) is 55.4 Å². The van der Waals surface area contributed by atoms with Crippen LogP contribution in [-0.4, -0.2) is 5.25 Å². The van der Waals surface area contributed by atoms with Crippen LogP contribution in [0.25, 0.3) is 0 Å². The van der Waals surface area contributed by atoms with E-state index in [0.29, 0.717) is 5.92 Å². The van der Waals surface area contributed by atoms with Crippen molar-refractivity contribution in [3.63, 3.8) is 0 Å². The van der Waals surface area contributed by atoms with Crippen LogP contribution in [0.3, 0.4) is 0 Å². The van der Waals surface area contributed by atoms with E-state index in [-0.39, 0.29) is 0 Å². The third-order valence-electron chi connectivity index (χ3n) is 4.17. The molecular formula is C17H26S. The summed E-state index contributed by atoms with van der Waals surface area (Å²) in [6, 6.07) is 9.23. The molecule has 0 radical (unpaired) electrons. The highest BCUT2D eigenvalue weighted by Gasteiger charge is 2.13. The summed E-state index contributed by atoms with van der Waals surface area (Å²) in [6.07, 6.45) is 8.47. The fourth-order valence-electron chi connectivity index (χ4n) is 2.67. The maximum Gasteiger partial charge on any atom is 0.0187 e. The number of hydrogen-bond donors (Lipinski definition) is 0. The Bertz CT molecular complexity index is 352. The molecule has 0 amide bonds. The molecule has 2 rings (SSSR count). The van der Waals surface area contributed by atoms with Gasteiger partial charge in [-0.25, -0.2) is 0 Å². The van der Waals surface area contributed by atoms with Crippen molar-refractivity contribution in [2.24, 2.45) is 0 Å². The minimum absolute atomic E-state index is 0.699. The van der Waals surface area contributed by atoms with E-state index in [4.69, 9.17) is 0 Å². The second kappa shape index (κ2) is 7.23. The molecule has 0 aromatic heterocycles. The smallest absolute Gasteiger partial charge is 0.0187 e. The Morgan fingerprint density at radius 1 is 1.22 bits per heavy atom. The number of benzene rings is 1. The van der Waals surface area contributed by atoms with Crippen molar-refractivity contribution in [1.82, 2.24) is 0 Å². The van der Waals surface area contributed by atoms with Gasteiger partial charge in [0.2, 0.25) is 0 Å². The maximum absolute atomic E-state index is 2.42. The fourth-order valence-corrected chi connectivity index (χ4v) is 3.95. The number of thioether (sulfide) groups is 1. The van der Waals surface area contributed by atoms with Gasteiger partial charge in [0, 0.05) is 11.0 Å². The molecule has 1 atom stereocenters. The Labute approximate surface area is 117 Å². The van der Waals surface area contributed by atoms with Gasteiger partial charge in [-0.3, -0.25) is 0 Å². The van der Waals surface area contributed by atoms with E-state index in [1.807, 2.05) is 0 Å². The predicted molar refractivity (Wildman–Crippen MR) is 83.3 cm³/mol. The van der Waals surface area contributed by atoms with Crippen molar-refractivity contribution in [3.8, 4) is 0 Å². The molecule has 1 aliphatic rings. The van der Waals surface area contributed by atoms with Gasteiger partial charge in [-0.05, 0) is 36.3 Å². The maximum atomic E-state index is 2.42. The molecule has 1 aliphatic carbocycles. The second-order valence-electron chi connectivity index (χ2n) is 5.63. The summed E-state index contributed by atoms with van der Waals surface area (Å²) in [5.41, 5.74) is 3.03. The molecule has 0 N–H and O–H groups in total. The van der Waals surface area contributed by atoms with Gasteiger partial charge in [-0.1, -0.05) is 57.4 Å². The van der Waals surface area contributed by atoms with E-state index >= 15 is 0 Å². The first-order valence-electron chi connectivity index (χ1n) is 7.50. The Hall–Kier alpha value is -0.430. The van der Waals surface area contributed by atoms with Gasteiger partial charge in [0.05, 0.1) is 0 Å². The Morgan fingerprint density at radius 2 is 2.00 bits per heavy atom. The van der Waals surface area contributed by atoms with Crippen molar-refractivity contribution < 1.29 is 0 Å². The predicted octanol–water partition coefficient (Wildman–Crippen LogP) is 5.77. The molecule has 100 valence electrons. The van der Waals surface area contributed by atoms with Crippen LogP contribution in [0.5, 0.6) is 0 Å². The van der Waals surface area contributed by atoms with E-state index in [9.17, 15) is 0 Å². The number of hydrogen-bond acceptors (Lipinski definition) is 1. The lowest BCUT2D eigenvalue weighted by Crippen LogP contribution is -2.08. The summed E-state index contributed by atoms with van der Waals surface area (Å²) in [4.78, 5) is 0. The molecule has 0 saturated heterocycles. The lowest BCUT2D eigenvalue weighted by atomic mass is 9.97. The largest absolute Gasteiger partial charge is 0.154 e. The zero-order valence-electron chi connectivity index (χ0n) is 11.8. The summed E-state index contributed by atoms with van der Waals surface area (Å²) in [5.74, 6) is 1.90. The summed E-state index contributed by atoms with van der Waals surface area (Å²) < 4.78 is 0. The minimum Gasteiger partial charge on any atom is -0.154 e. The van der Waals surface area contributed by atoms with Gasteiger partial charge < -0.3 is 0 Å². The molecule has 1 heteroatoms. The van der Waals surface area contributed by atoms with E-state index in [1.54, 1.807) is 0 Å². The molecule has 0 spiro atoms. The van der Waals surface area contributed by atoms with Crippen molar-refractivity contribution in [1.29, 1.82) is 0 Å². The van der Waals surface area contributed by atoms with Crippen LogP contribution in [0, 0.1) is 0 Å². The average molecular weight is 262 g/mol. The zero-order chi connectivity index (χ0) is 12.8. The molecule has 1 fully saturated rings. The lowest BCUT2D eigenvalue weighted by Gasteiger charge is -2.21. The van der Waals surface area contributed by atoms with Gasteiger partial charge in [-0.2, -0.15) is 11.8 Å². The summed E-state index contributed by atoms with van der Waals surface area (Å²) in [5, 5.41) is 0.922. The third kappa shape index (κ3) is 4.05. The van der Waals surface area contributed by atoms with Crippen LogP contribution in [0.2, 0.25) is 0 Å². The summed E-state index contributed by atoms with van der Waals surface area (Å²) >= 11 is 2.18. The number of rotatable bonds is 5. The van der Waals surface area contributed by atoms with Crippen LogP contribution in [0.4, 0.5) is 0 Å². The molecule has 18 heavy (non-hydrogen) atoms. The van der Waals surface area contributed by atoms with Crippen molar-refractivity contribution in [3.05, 3.63) is 35.4 Å². The van der Waals surface area contributed by atoms with Crippen LogP contribution in [0.1, 0.15) is 69.4 Å². The Kier molecular flexibility index (Phi) is 5.62. The van der Waals surface area contributed by atoms with Crippen molar-refractivity contribution >= 4 is 11.8 Å². The fraction of sp³-hybridized carbons (Fsp3) is 0.647.